The molecule has 1 fully saturated rings. The Morgan fingerprint density at radius 3 is 2.81 bits per heavy atom. The van der Waals surface area contributed by atoms with Crippen LogP contribution in [0.2, 0.25) is 0 Å². The molecule has 1 aliphatic rings. The summed E-state index contributed by atoms with van der Waals surface area (Å²) in [5.74, 6) is 1.69. The van der Waals surface area contributed by atoms with Crippen molar-refractivity contribution in [1.29, 1.82) is 0 Å². The second-order valence-corrected chi connectivity index (χ2v) is 4.81. The predicted molar refractivity (Wildman–Crippen MR) is 68.3 cm³/mol. The Morgan fingerprint density at radius 2 is 2.12 bits per heavy atom. The number of pyridine rings is 1. The summed E-state index contributed by atoms with van der Waals surface area (Å²) < 4.78 is 0. The third-order valence-electron chi connectivity index (χ3n) is 3.52. The molecule has 0 radical (unpaired) electrons. The van der Waals surface area contributed by atoms with Crippen LogP contribution in [0.5, 0.6) is 0 Å². The van der Waals surface area contributed by atoms with Gasteiger partial charge in [0.2, 0.25) is 0 Å². The zero-order valence-corrected chi connectivity index (χ0v) is 9.95. The second-order valence-electron chi connectivity index (χ2n) is 4.81. The van der Waals surface area contributed by atoms with Crippen LogP contribution in [0.15, 0.2) is 18.3 Å². The van der Waals surface area contributed by atoms with Crippen LogP contribution < -0.4 is 11.1 Å². The molecule has 1 aliphatic carbocycles. The number of aromatic nitrogens is 1. The smallest absolute Gasteiger partial charge is 0.128 e. The van der Waals surface area contributed by atoms with Gasteiger partial charge in [0.1, 0.15) is 5.82 Å². The van der Waals surface area contributed by atoms with E-state index in [1.807, 2.05) is 12.1 Å². The van der Waals surface area contributed by atoms with E-state index in [0.29, 0.717) is 6.04 Å². The van der Waals surface area contributed by atoms with Crippen molar-refractivity contribution in [3.05, 3.63) is 18.3 Å². The van der Waals surface area contributed by atoms with E-state index in [2.05, 4.69) is 17.2 Å². The molecule has 1 saturated carbocycles. The van der Waals surface area contributed by atoms with Crippen LogP contribution in [0.25, 0.3) is 0 Å². The molecule has 0 bridgehead atoms. The van der Waals surface area contributed by atoms with Gasteiger partial charge in [0.25, 0.3) is 0 Å². The molecule has 1 atom stereocenters. The Balaban J connectivity index is 1.93. The van der Waals surface area contributed by atoms with Crippen molar-refractivity contribution >= 4 is 11.5 Å². The van der Waals surface area contributed by atoms with Gasteiger partial charge in [-0.1, -0.05) is 19.3 Å². The van der Waals surface area contributed by atoms with Crippen LogP contribution in [0.3, 0.4) is 0 Å². The minimum absolute atomic E-state index is 0.495. The van der Waals surface area contributed by atoms with Crippen LogP contribution >= 0.6 is 0 Å². The van der Waals surface area contributed by atoms with Gasteiger partial charge >= 0.3 is 0 Å². The standard InChI is InChI=1S/C13H21N3/c1-10(11-5-3-2-4-6-11)16-13-9-12(14)7-8-15-13/h7-11H,2-6H2,1H3,(H3,14,15,16). The van der Waals surface area contributed by atoms with E-state index in [4.69, 9.17) is 5.73 Å². The van der Waals surface area contributed by atoms with Crippen molar-refractivity contribution in [1.82, 2.24) is 4.98 Å². The Morgan fingerprint density at radius 1 is 1.38 bits per heavy atom. The molecule has 3 nitrogen and oxygen atoms in total. The van der Waals surface area contributed by atoms with Crippen molar-refractivity contribution in [3.63, 3.8) is 0 Å². The maximum atomic E-state index is 5.73. The fourth-order valence-electron chi connectivity index (χ4n) is 2.51. The highest BCUT2D eigenvalue weighted by atomic mass is 15.0. The monoisotopic (exact) mass is 219 g/mol. The molecule has 0 spiro atoms. The molecule has 2 rings (SSSR count). The summed E-state index contributed by atoms with van der Waals surface area (Å²) >= 11 is 0. The Labute approximate surface area is 97.5 Å². The average Bonchev–Trinajstić information content (AvgIpc) is 2.30. The minimum atomic E-state index is 0.495. The zero-order chi connectivity index (χ0) is 11.4. The molecule has 16 heavy (non-hydrogen) atoms. The lowest BCUT2D eigenvalue weighted by Gasteiger charge is -2.28. The van der Waals surface area contributed by atoms with Crippen molar-refractivity contribution < 1.29 is 0 Å². The summed E-state index contributed by atoms with van der Waals surface area (Å²) in [7, 11) is 0. The third kappa shape index (κ3) is 2.87. The lowest BCUT2D eigenvalue weighted by atomic mass is 9.84. The van der Waals surface area contributed by atoms with E-state index >= 15 is 0 Å². The maximum absolute atomic E-state index is 5.73. The fraction of sp³-hybridized carbons (Fsp3) is 0.615. The summed E-state index contributed by atoms with van der Waals surface area (Å²) in [6.45, 7) is 2.25. The number of nitrogens with two attached hydrogens (primary N) is 1. The summed E-state index contributed by atoms with van der Waals surface area (Å²) in [5.41, 5.74) is 6.50. The van der Waals surface area contributed by atoms with Gasteiger partial charge in [0.15, 0.2) is 0 Å². The number of nitrogen functional groups attached to an aromatic ring is 1. The zero-order valence-electron chi connectivity index (χ0n) is 9.95. The first-order valence-corrected chi connectivity index (χ1v) is 6.24. The van der Waals surface area contributed by atoms with Crippen molar-refractivity contribution in [2.24, 2.45) is 5.92 Å². The predicted octanol–water partition coefficient (Wildman–Crippen LogP) is 3.04. The number of rotatable bonds is 3. The minimum Gasteiger partial charge on any atom is -0.399 e. The van der Waals surface area contributed by atoms with E-state index < -0.39 is 0 Å². The number of nitrogens with one attached hydrogen (secondary N) is 1. The quantitative estimate of drug-likeness (QED) is 0.821. The van der Waals surface area contributed by atoms with E-state index in [1.54, 1.807) is 6.20 Å². The SMILES string of the molecule is CC(Nc1cc(N)ccn1)C1CCCCC1. The molecular weight excluding hydrogens is 198 g/mol. The van der Waals surface area contributed by atoms with E-state index in [-0.39, 0.29) is 0 Å². The molecule has 88 valence electrons. The van der Waals surface area contributed by atoms with E-state index in [0.717, 1.165) is 17.4 Å². The van der Waals surface area contributed by atoms with Gasteiger partial charge in [0.05, 0.1) is 0 Å². The van der Waals surface area contributed by atoms with Crippen molar-refractivity contribution in [3.8, 4) is 0 Å². The lowest BCUT2D eigenvalue weighted by molar-refractivity contribution is 0.328. The Bertz CT molecular complexity index is 332. The Kier molecular flexibility index (Phi) is 3.65. The van der Waals surface area contributed by atoms with Gasteiger partial charge in [-0.25, -0.2) is 4.98 Å². The number of hydrogen-bond donors (Lipinski definition) is 2. The second kappa shape index (κ2) is 5.19. The molecule has 0 aromatic carbocycles. The first-order valence-electron chi connectivity index (χ1n) is 6.24. The largest absolute Gasteiger partial charge is 0.399 e. The number of nitrogens with zero attached hydrogens (tertiary/aromatic N) is 1. The van der Waals surface area contributed by atoms with Gasteiger partial charge in [-0.3, -0.25) is 0 Å². The van der Waals surface area contributed by atoms with Crippen LogP contribution in [-0.2, 0) is 0 Å². The van der Waals surface area contributed by atoms with Crippen LogP contribution in [0.4, 0.5) is 11.5 Å². The lowest BCUT2D eigenvalue weighted by Crippen LogP contribution is -2.28. The van der Waals surface area contributed by atoms with Gasteiger partial charge in [-0.05, 0) is 31.7 Å². The molecular formula is C13H21N3. The molecule has 0 aliphatic heterocycles. The number of hydrogen-bond acceptors (Lipinski definition) is 3. The van der Waals surface area contributed by atoms with Crippen LogP contribution in [-0.4, -0.2) is 11.0 Å². The van der Waals surface area contributed by atoms with Gasteiger partial charge in [0, 0.05) is 24.0 Å². The fourth-order valence-corrected chi connectivity index (χ4v) is 2.51. The van der Waals surface area contributed by atoms with Crippen LogP contribution in [0, 0.1) is 5.92 Å². The van der Waals surface area contributed by atoms with Crippen molar-refractivity contribution in [2.45, 2.75) is 45.1 Å². The maximum Gasteiger partial charge on any atom is 0.128 e. The van der Waals surface area contributed by atoms with Gasteiger partial charge in [-0.2, -0.15) is 0 Å². The Hall–Kier alpha value is -1.25. The van der Waals surface area contributed by atoms with Gasteiger partial charge < -0.3 is 11.1 Å². The van der Waals surface area contributed by atoms with Gasteiger partial charge in [-0.15, -0.1) is 0 Å². The summed E-state index contributed by atoms with van der Waals surface area (Å²) in [6, 6.07) is 4.21. The first kappa shape index (κ1) is 11.2. The molecule has 3 N–H and O–H groups in total. The first-order chi connectivity index (χ1) is 7.75. The highest BCUT2D eigenvalue weighted by molar-refractivity contribution is 5.48. The van der Waals surface area contributed by atoms with E-state index in [9.17, 15) is 0 Å². The normalized spacial score (nSPS) is 19.3. The van der Waals surface area contributed by atoms with Crippen LogP contribution in [0.1, 0.15) is 39.0 Å². The highest BCUT2D eigenvalue weighted by Gasteiger charge is 2.19. The summed E-state index contributed by atoms with van der Waals surface area (Å²) in [6.07, 6.45) is 8.60. The molecule has 1 unspecified atom stereocenters. The molecule has 0 saturated heterocycles. The average molecular weight is 219 g/mol. The topological polar surface area (TPSA) is 50.9 Å². The van der Waals surface area contributed by atoms with Crippen molar-refractivity contribution in [2.75, 3.05) is 11.1 Å². The molecule has 1 aromatic rings. The summed E-state index contributed by atoms with van der Waals surface area (Å²) in [4.78, 5) is 4.28. The number of anilines is 2. The van der Waals surface area contributed by atoms with E-state index in [1.165, 1.54) is 32.1 Å². The molecule has 1 heterocycles. The summed E-state index contributed by atoms with van der Waals surface area (Å²) in [5, 5.41) is 3.46. The third-order valence-corrected chi connectivity index (χ3v) is 3.52. The molecule has 3 heteroatoms. The molecule has 0 amide bonds. The highest BCUT2D eigenvalue weighted by Crippen LogP contribution is 2.27. The molecule has 1 aromatic heterocycles.